The normalized spacial score (nSPS) is 12.0. The predicted octanol–water partition coefficient (Wildman–Crippen LogP) is 2.48. The molecule has 0 N–H and O–H groups in total. The van der Waals surface area contributed by atoms with Crippen molar-refractivity contribution in [2.75, 3.05) is 19.0 Å². The van der Waals surface area contributed by atoms with Gasteiger partial charge in [0.05, 0.1) is 34.7 Å². The molecule has 34 heavy (non-hydrogen) atoms. The third kappa shape index (κ3) is 6.61. The van der Waals surface area contributed by atoms with E-state index in [9.17, 15) is 22.8 Å². The van der Waals surface area contributed by atoms with E-state index in [0.717, 1.165) is 11.3 Å². The molecule has 1 heterocycles. The zero-order valence-electron chi connectivity index (χ0n) is 18.7. The summed E-state index contributed by atoms with van der Waals surface area (Å²) in [5, 5.41) is 0. The maximum atomic E-state index is 12.6. The van der Waals surface area contributed by atoms with E-state index >= 15 is 0 Å². The summed E-state index contributed by atoms with van der Waals surface area (Å²) in [6.45, 7) is 3.54. The quantitative estimate of drug-likeness (QED) is 0.411. The van der Waals surface area contributed by atoms with Crippen LogP contribution in [0, 0.1) is 0 Å². The molecule has 0 bridgehead atoms. The third-order valence-corrected chi connectivity index (χ3v) is 7.08. The molecule has 3 aromatic rings. The Hall–Kier alpha value is -3.31. The van der Waals surface area contributed by atoms with E-state index in [1.807, 2.05) is 0 Å². The lowest BCUT2D eigenvalue weighted by Crippen LogP contribution is -2.25. The zero-order valence-corrected chi connectivity index (χ0v) is 20.4. The molecular formula is C23H24N2O7S2. The number of benzene rings is 2. The van der Waals surface area contributed by atoms with E-state index < -0.39 is 33.4 Å². The van der Waals surface area contributed by atoms with E-state index in [4.69, 9.17) is 9.47 Å². The molecule has 2 aromatic carbocycles. The largest absolute Gasteiger partial charge is 0.465 e. The third-order valence-electron chi connectivity index (χ3n) is 4.58. The average Bonchev–Trinajstić information content (AvgIpc) is 3.09. The van der Waals surface area contributed by atoms with Crippen molar-refractivity contribution in [1.29, 1.82) is 0 Å². The van der Waals surface area contributed by atoms with Crippen molar-refractivity contribution >= 4 is 49.2 Å². The summed E-state index contributed by atoms with van der Waals surface area (Å²) in [4.78, 5) is 40.9. The fraction of sp³-hybridized carbons (Fsp3) is 0.304. The second-order valence-electron chi connectivity index (χ2n) is 7.20. The van der Waals surface area contributed by atoms with Crippen molar-refractivity contribution in [2.45, 2.75) is 26.1 Å². The molecule has 0 fully saturated rings. The first kappa shape index (κ1) is 25.3. The minimum atomic E-state index is -3.75. The number of rotatable bonds is 9. The number of hydrogen-bond donors (Lipinski definition) is 0. The van der Waals surface area contributed by atoms with Gasteiger partial charge in [0.1, 0.15) is 12.3 Å². The molecule has 0 radical (unpaired) electrons. The summed E-state index contributed by atoms with van der Waals surface area (Å²) in [6.07, 6.45) is 0. The molecule has 0 aliphatic heterocycles. The molecular weight excluding hydrogens is 480 g/mol. The van der Waals surface area contributed by atoms with E-state index in [-0.39, 0.29) is 30.3 Å². The second kappa shape index (κ2) is 11.2. The molecule has 1 amide bonds. The number of amides is 1. The number of fused-ring (bicyclic) bond motifs is 1. The van der Waals surface area contributed by atoms with Crippen molar-refractivity contribution in [3.05, 3.63) is 64.5 Å². The predicted molar refractivity (Wildman–Crippen MR) is 127 cm³/mol. The monoisotopic (exact) mass is 504 g/mol. The van der Waals surface area contributed by atoms with Crippen molar-refractivity contribution in [3.63, 3.8) is 0 Å². The minimum Gasteiger partial charge on any atom is -0.465 e. The van der Waals surface area contributed by atoms with Crippen LogP contribution in [0.2, 0.25) is 0 Å². The molecule has 1 aromatic heterocycles. The summed E-state index contributed by atoms with van der Waals surface area (Å²) < 4.78 is 37.1. The van der Waals surface area contributed by atoms with Crippen LogP contribution in [0.3, 0.4) is 0 Å². The van der Waals surface area contributed by atoms with Gasteiger partial charge in [-0.15, -0.1) is 0 Å². The number of aromatic nitrogens is 1. The standard InChI is InChI=1S/C23H24N2O7S2/c1-3-31-21(27)13-25-18-11-10-17(22(28)32-4-2)12-19(18)33-23(25)24-20(26)15-34(29,30)14-16-8-6-5-7-9-16/h5-12H,3-4,13-15H2,1-2H3. The van der Waals surface area contributed by atoms with E-state index in [1.54, 1.807) is 62.4 Å². The Kier molecular flexibility index (Phi) is 8.35. The molecule has 0 saturated heterocycles. The maximum Gasteiger partial charge on any atom is 0.338 e. The smallest absolute Gasteiger partial charge is 0.338 e. The van der Waals surface area contributed by atoms with Crippen LogP contribution in [0.4, 0.5) is 0 Å². The number of hydrogen-bond acceptors (Lipinski definition) is 8. The lowest BCUT2D eigenvalue weighted by molar-refractivity contribution is -0.143. The highest BCUT2D eigenvalue weighted by Gasteiger charge is 2.19. The molecule has 0 atom stereocenters. The fourth-order valence-corrected chi connectivity index (χ4v) is 5.52. The Morgan fingerprint density at radius 1 is 1.00 bits per heavy atom. The summed E-state index contributed by atoms with van der Waals surface area (Å²) >= 11 is 1.06. The summed E-state index contributed by atoms with van der Waals surface area (Å²) in [7, 11) is -3.75. The molecule has 180 valence electrons. The number of carbonyl (C=O) groups is 3. The minimum absolute atomic E-state index is 0.129. The van der Waals surface area contributed by atoms with Gasteiger partial charge in [-0.2, -0.15) is 4.99 Å². The van der Waals surface area contributed by atoms with Crippen LogP contribution in [0.1, 0.15) is 29.8 Å². The van der Waals surface area contributed by atoms with Gasteiger partial charge in [0.2, 0.25) is 0 Å². The van der Waals surface area contributed by atoms with E-state index in [2.05, 4.69) is 4.99 Å². The SMILES string of the molecule is CCOC(=O)Cn1c(=NC(=O)CS(=O)(=O)Cc2ccccc2)sc2cc(C(=O)OCC)ccc21. The Labute approximate surface area is 200 Å². The molecule has 0 saturated carbocycles. The van der Waals surface area contributed by atoms with Crippen LogP contribution in [0.15, 0.2) is 53.5 Å². The fourth-order valence-electron chi connectivity index (χ4n) is 3.19. The molecule has 0 spiro atoms. The van der Waals surface area contributed by atoms with Gasteiger partial charge in [-0.1, -0.05) is 41.7 Å². The van der Waals surface area contributed by atoms with E-state index in [0.29, 0.717) is 21.3 Å². The number of esters is 2. The highest BCUT2D eigenvalue weighted by molar-refractivity contribution is 7.91. The molecule has 0 aliphatic rings. The van der Waals surface area contributed by atoms with Crippen molar-refractivity contribution < 1.29 is 32.3 Å². The lowest BCUT2D eigenvalue weighted by atomic mass is 10.2. The van der Waals surface area contributed by atoms with Gasteiger partial charge in [0, 0.05) is 0 Å². The van der Waals surface area contributed by atoms with E-state index in [1.165, 1.54) is 4.57 Å². The number of ether oxygens (including phenoxy) is 2. The van der Waals surface area contributed by atoms with Crippen LogP contribution in [-0.4, -0.2) is 49.8 Å². The van der Waals surface area contributed by atoms with Gasteiger partial charge >= 0.3 is 11.9 Å². The number of thiazole rings is 1. The van der Waals surface area contributed by atoms with Crippen molar-refractivity contribution in [3.8, 4) is 0 Å². The Balaban J connectivity index is 1.96. The molecule has 11 heteroatoms. The maximum absolute atomic E-state index is 12.6. The molecule has 0 aliphatic carbocycles. The Morgan fingerprint density at radius 2 is 1.71 bits per heavy atom. The summed E-state index contributed by atoms with van der Waals surface area (Å²) in [5.74, 6) is -2.96. The van der Waals surface area contributed by atoms with Crippen LogP contribution in [-0.2, 0) is 41.2 Å². The molecule has 9 nitrogen and oxygen atoms in total. The first-order valence-corrected chi connectivity index (χ1v) is 13.1. The van der Waals surface area contributed by atoms with Gasteiger partial charge in [-0.05, 0) is 37.6 Å². The van der Waals surface area contributed by atoms with Gasteiger partial charge in [-0.3, -0.25) is 9.59 Å². The van der Waals surface area contributed by atoms with Gasteiger partial charge < -0.3 is 14.0 Å². The topological polar surface area (TPSA) is 121 Å². The van der Waals surface area contributed by atoms with Crippen molar-refractivity contribution in [2.24, 2.45) is 4.99 Å². The second-order valence-corrected chi connectivity index (χ2v) is 10.3. The summed E-state index contributed by atoms with van der Waals surface area (Å²) in [5.41, 5.74) is 1.42. The lowest BCUT2D eigenvalue weighted by Gasteiger charge is -2.06. The van der Waals surface area contributed by atoms with Gasteiger partial charge in [-0.25, -0.2) is 13.2 Å². The van der Waals surface area contributed by atoms with Crippen LogP contribution in [0.25, 0.3) is 10.2 Å². The molecule has 3 rings (SSSR count). The highest BCUT2D eigenvalue weighted by Crippen LogP contribution is 2.20. The van der Waals surface area contributed by atoms with Crippen LogP contribution >= 0.6 is 11.3 Å². The first-order chi connectivity index (χ1) is 16.2. The van der Waals surface area contributed by atoms with Crippen LogP contribution < -0.4 is 4.80 Å². The number of carbonyl (C=O) groups excluding carboxylic acids is 3. The highest BCUT2D eigenvalue weighted by atomic mass is 32.2. The Bertz CT molecular complexity index is 1370. The summed E-state index contributed by atoms with van der Waals surface area (Å²) in [6, 6.07) is 13.3. The van der Waals surface area contributed by atoms with Crippen molar-refractivity contribution in [1.82, 2.24) is 4.57 Å². The number of sulfone groups is 1. The van der Waals surface area contributed by atoms with Crippen LogP contribution in [0.5, 0.6) is 0 Å². The van der Waals surface area contributed by atoms with Gasteiger partial charge in [0.25, 0.3) is 5.91 Å². The number of nitrogens with zero attached hydrogens (tertiary/aromatic N) is 2. The average molecular weight is 505 g/mol. The zero-order chi connectivity index (χ0) is 24.7. The Morgan fingerprint density at radius 3 is 2.38 bits per heavy atom. The first-order valence-electron chi connectivity index (χ1n) is 10.5. The van der Waals surface area contributed by atoms with Gasteiger partial charge in [0.15, 0.2) is 14.6 Å². The molecule has 0 unspecified atom stereocenters.